The lowest BCUT2D eigenvalue weighted by molar-refractivity contribution is -0.141. The van der Waals surface area contributed by atoms with Crippen molar-refractivity contribution < 1.29 is 9.59 Å². The molecular formula is C18H33N3O2. The van der Waals surface area contributed by atoms with Gasteiger partial charge in [0.15, 0.2) is 0 Å². The fourth-order valence-corrected chi connectivity index (χ4v) is 3.59. The summed E-state index contributed by atoms with van der Waals surface area (Å²) >= 11 is 0. The number of amides is 2. The lowest BCUT2D eigenvalue weighted by atomic mass is 9.97. The molecule has 2 atom stereocenters. The monoisotopic (exact) mass is 323 g/mol. The first-order valence-electron chi connectivity index (χ1n) is 9.31. The molecule has 2 unspecified atom stereocenters. The second kappa shape index (κ2) is 8.13. The van der Waals surface area contributed by atoms with Crippen LogP contribution in [0.2, 0.25) is 0 Å². The first-order chi connectivity index (χ1) is 11.0. The van der Waals surface area contributed by atoms with Crippen molar-refractivity contribution in [3.8, 4) is 0 Å². The minimum absolute atomic E-state index is 0.00793. The lowest BCUT2D eigenvalue weighted by Gasteiger charge is -2.36. The lowest BCUT2D eigenvalue weighted by Crippen LogP contribution is -2.57. The second-order valence-electron chi connectivity index (χ2n) is 7.36. The quantitative estimate of drug-likeness (QED) is 0.815. The van der Waals surface area contributed by atoms with Gasteiger partial charge in [-0.2, -0.15) is 0 Å². The predicted molar refractivity (Wildman–Crippen MR) is 92.2 cm³/mol. The molecule has 0 spiro atoms. The smallest absolute Gasteiger partial charge is 0.245 e. The summed E-state index contributed by atoms with van der Waals surface area (Å²) in [4.78, 5) is 29.3. The van der Waals surface area contributed by atoms with Crippen LogP contribution in [0.25, 0.3) is 0 Å². The normalized spacial score (nSPS) is 27.8. The average molecular weight is 323 g/mol. The molecule has 2 heterocycles. The molecule has 5 nitrogen and oxygen atoms in total. The van der Waals surface area contributed by atoms with Crippen LogP contribution in [-0.2, 0) is 9.59 Å². The average Bonchev–Trinajstić information content (AvgIpc) is 2.73. The zero-order chi connectivity index (χ0) is 16.9. The van der Waals surface area contributed by atoms with Gasteiger partial charge >= 0.3 is 0 Å². The van der Waals surface area contributed by atoms with Crippen LogP contribution in [0.5, 0.6) is 0 Å². The van der Waals surface area contributed by atoms with E-state index in [4.69, 9.17) is 0 Å². The fraction of sp³-hybridized carbons (Fsp3) is 0.889. The zero-order valence-electron chi connectivity index (χ0n) is 15.1. The number of nitrogens with one attached hydrogen (secondary N) is 1. The van der Waals surface area contributed by atoms with E-state index in [1.54, 1.807) is 0 Å². The number of carbonyl (C=O) groups excluding carboxylic acids is 2. The number of rotatable bonds is 6. The van der Waals surface area contributed by atoms with Crippen LogP contribution < -0.4 is 5.32 Å². The summed E-state index contributed by atoms with van der Waals surface area (Å²) in [6.07, 6.45) is 7.16. The Labute approximate surface area is 140 Å². The Morgan fingerprint density at radius 3 is 2.48 bits per heavy atom. The van der Waals surface area contributed by atoms with Gasteiger partial charge in [-0.3, -0.25) is 9.59 Å². The van der Waals surface area contributed by atoms with Gasteiger partial charge < -0.3 is 15.1 Å². The van der Waals surface area contributed by atoms with E-state index in [1.165, 1.54) is 25.7 Å². The standard InChI is InChI=1S/C18H33N3O2/c1-4-15(2)19-17(23)18(3)10-9-16(22)21(18)14-13-20-11-7-5-6-8-12-20/h15H,4-14H2,1-3H3,(H,19,23). The van der Waals surface area contributed by atoms with Gasteiger partial charge in [-0.25, -0.2) is 0 Å². The van der Waals surface area contributed by atoms with Crippen molar-refractivity contribution in [3.05, 3.63) is 0 Å². The predicted octanol–water partition coefficient (Wildman–Crippen LogP) is 2.16. The van der Waals surface area contributed by atoms with Gasteiger partial charge in [0.2, 0.25) is 11.8 Å². The number of likely N-dealkylation sites (tertiary alicyclic amines) is 2. The molecule has 0 aromatic rings. The number of carbonyl (C=O) groups is 2. The van der Waals surface area contributed by atoms with E-state index in [-0.39, 0.29) is 17.9 Å². The highest BCUT2D eigenvalue weighted by Gasteiger charge is 2.47. The molecule has 0 aromatic heterocycles. The summed E-state index contributed by atoms with van der Waals surface area (Å²) in [5, 5.41) is 3.06. The molecule has 0 aromatic carbocycles. The van der Waals surface area contributed by atoms with Crippen molar-refractivity contribution in [2.45, 2.75) is 77.3 Å². The molecular weight excluding hydrogens is 290 g/mol. The van der Waals surface area contributed by atoms with Crippen LogP contribution in [0, 0.1) is 0 Å². The largest absolute Gasteiger partial charge is 0.352 e. The Morgan fingerprint density at radius 2 is 1.87 bits per heavy atom. The fourth-order valence-electron chi connectivity index (χ4n) is 3.59. The number of hydrogen-bond acceptors (Lipinski definition) is 3. The highest BCUT2D eigenvalue weighted by Crippen LogP contribution is 2.30. The van der Waals surface area contributed by atoms with Crippen molar-refractivity contribution in [1.29, 1.82) is 0 Å². The third-order valence-electron chi connectivity index (χ3n) is 5.54. The summed E-state index contributed by atoms with van der Waals surface area (Å²) in [5.41, 5.74) is -0.674. The van der Waals surface area contributed by atoms with Crippen LogP contribution in [-0.4, -0.2) is 59.4 Å². The maximum atomic E-state index is 12.7. The van der Waals surface area contributed by atoms with Crippen molar-refractivity contribution in [2.24, 2.45) is 0 Å². The highest BCUT2D eigenvalue weighted by atomic mass is 16.2. The van der Waals surface area contributed by atoms with Gasteiger partial charge in [-0.15, -0.1) is 0 Å². The summed E-state index contributed by atoms with van der Waals surface area (Å²) in [6.45, 7) is 9.80. The molecule has 0 saturated carbocycles. The Morgan fingerprint density at radius 1 is 1.22 bits per heavy atom. The van der Waals surface area contributed by atoms with Crippen molar-refractivity contribution in [1.82, 2.24) is 15.1 Å². The van der Waals surface area contributed by atoms with E-state index in [1.807, 2.05) is 18.7 Å². The second-order valence-corrected chi connectivity index (χ2v) is 7.36. The van der Waals surface area contributed by atoms with Gasteiger partial charge in [0.05, 0.1) is 0 Å². The van der Waals surface area contributed by atoms with E-state index in [9.17, 15) is 9.59 Å². The minimum atomic E-state index is -0.674. The highest BCUT2D eigenvalue weighted by molar-refractivity contribution is 5.94. The van der Waals surface area contributed by atoms with Gasteiger partial charge in [0.25, 0.3) is 0 Å². The van der Waals surface area contributed by atoms with Crippen LogP contribution in [0.3, 0.4) is 0 Å². The van der Waals surface area contributed by atoms with Gasteiger partial charge in [0, 0.05) is 25.6 Å². The van der Waals surface area contributed by atoms with Crippen molar-refractivity contribution in [2.75, 3.05) is 26.2 Å². The van der Waals surface area contributed by atoms with Crippen LogP contribution >= 0.6 is 0 Å². The Bertz CT molecular complexity index is 418. The van der Waals surface area contributed by atoms with Crippen LogP contribution in [0.15, 0.2) is 0 Å². The molecule has 0 radical (unpaired) electrons. The van der Waals surface area contributed by atoms with Gasteiger partial charge in [-0.1, -0.05) is 19.8 Å². The molecule has 23 heavy (non-hydrogen) atoms. The maximum Gasteiger partial charge on any atom is 0.245 e. The van der Waals surface area contributed by atoms with E-state index >= 15 is 0 Å². The minimum Gasteiger partial charge on any atom is -0.352 e. The van der Waals surface area contributed by atoms with Crippen molar-refractivity contribution in [3.63, 3.8) is 0 Å². The number of hydrogen-bond donors (Lipinski definition) is 1. The van der Waals surface area contributed by atoms with Crippen LogP contribution in [0.4, 0.5) is 0 Å². The molecule has 1 N–H and O–H groups in total. The van der Waals surface area contributed by atoms with Crippen molar-refractivity contribution >= 4 is 11.8 Å². The SMILES string of the molecule is CCC(C)NC(=O)C1(C)CCC(=O)N1CCN1CCCCCC1. The first-order valence-corrected chi connectivity index (χ1v) is 9.31. The molecule has 2 saturated heterocycles. The molecule has 2 fully saturated rings. The van der Waals surface area contributed by atoms with E-state index < -0.39 is 5.54 Å². The molecule has 2 aliphatic heterocycles. The van der Waals surface area contributed by atoms with Gasteiger partial charge in [-0.05, 0) is 52.6 Å². The third-order valence-corrected chi connectivity index (χ3v) is 5.54. The topological polar surface area (TPSA) is 52.7 Å². The molecule has 0 bridgehead atoms. The summed E-state index contributed by atoms with van der Waals surface area (Å²) in [7, 11) is 0. The summed E-state index contributed by atoms with van der Waals surface area (Å²) in [5.74, 6) is 0.134. The zero-order valence-corrected chi connectivity index (χ0v) is 15.1. The van der Waals surface area contributed by atoms with E-state index in [0.717, 1.165) is 26.1 Å². The first kappa shape index (κ1) is 18.2. The maximum absolute atomic E-state index is 12.7. The molecule has 2 rings (SSSR count). The summed E-state index contributed by atoms with van der Waals surface area (Å²) < 4.78 is 0. The molecule has 132 valence electrons. The van der Waals surface area contributed by atoms with Gasteiger partial charge in [0.1, 0.15) is 5.54 Å². The Kier molecular flexibility index (Phi) is 6.45. The number of nitrogens with zero attached hydrogens (tertiary/aromatic N) is 2. The van der Waals surface area contributed by atoms with Crippen LogP contribution in [0.1, 0.15) is 65.7 Å². The van der Waals surface area contributed by atoms with E-state index in [2.05, 4.69) is 17.1 Å². The molecule has 5 heteroatoms. The molecule has 0 aliphatic carbocycles. The van der Waals surface area contributed by atoms with E-state index in [0.29, 0.717) is 19.4 Å². The summed E-state index contributed by atoms with van der Waals surface area (Å²) in [6, 6.07) is 0.155. The Balaban J connectivity index is 1.96. The molecule has 2 amide bonds. The third kappa shape index (κ3) is 4.46. The molecule has 2 aliphatic rings. The Hall–Kier alpha value is -1.10.